The first-order valence-electron chi connectivity index (χ1n) is 9.00. The van der Waals surface area contributed by atoms with Gasteiger partial charge in [-0.2, -0.15) is 0 Å². The molecule has 3 aromatic rings. The Bertz CT molecular complexity index is 1110. The number of rotatable bonds is 5. The molecule has 0 bridgehead atoms. The van der Waals surface area contributed by atoms with Gasteiger partial charge >= 0.3 is 0 Å². The van der Waals surface area contributed by atoms with Crippen molar-refractivity contribution < 1.29 is 4.79 Å². The van der Waals surface area contributed by atoms with Gasteiger partial charge in [0.2, 0.25) is 5.91 Å². The van der Waals surface area contributed by atoms with E-state index in [2.05, 4.69) is 15.3 Å². The molecule has 1 amide bonds. The van der Waals surface area contributed by atoms with E-state index in [9.17, 15) is 4.79 Å². The number of hydrogen-bond acceptors (Lipinski definition) is 6. The average molecular weight is 448 g/mol. The molecule has 2 aromatic heterocycles. The molecule has 3 heterocycles. The maximum atomic E-state index is 12.5. The van der Waals surface area contributed by atoms with E-state index in [0.717, 1.165) is 32.9 Å². The van der Waals surface area contributed by atoms with Crippen LogP contribution in [0.2, 0.25) is 10.0 Å². The minimum absolute atomic E-state index is 0.0132. The topological polar surface area (TPSA) is 61.4 Å². The van der Waals surface area contributed by atoms with Crippen molar-refractivity contribution in [2.24, 2.45) is 0 Å². The summed E-state index contributed by atoms with van der Waals surface area (Å²) in [6.07, 6.45) is 5.07. The number of halogens is 2. The van der Waals surface area contributed by atoms with Crippen molar-refractivity contribution in [3.05, 3.63) is 57.2 Å². The van der Waals surface area contributed by atoms with Gasteiger partial charge in [-0.1, -0.05) is 29.3 Å². The van der Waals surface area contributed by atoms with Gasteiger partial charge < -0.3 is 15.1 Å². The Morgan fingerprint density at radius 3 is 2.86 bits per heavy atom. The van der Waals surface area contributed by atoms with Crippen LogP contribution in [0, 0.1) is 0 Å². The Morgan fingerprint density at radius 1 is 1.28 bits per heavy atom. The van der Waals surface area contributed by atoms with Crippen LogP contribution in [-0.2, 0) is 17.9 Å². The maximum absolute atomic E-state index is 12.5. The van der Waals surface area contributed by atoms with E-state index in [-0.39, 0.29) is 5.91 Å². The number of amides is 1. The number of benzene rings is 1. The van der Waals surface area contributed by atoms with Crippen molar-refractivity contribution >= 4 is 62.2 Å². The van der Waals surface area contributed by atoms with Crippen LogP contribution >= 0.6 is 34.5 Å². The summed E-state index contributed by atoms with van der Waals surface area (Å²) < 4.78 is 0. The second-order valence-electron chi connectivity index (χ2n) is 7.02. The van der Waals surface area contributed by atoms with Crippen LogP contribution in [0.1, 0.15) is 10.4 Å². The fourth-order valence-electron chi connectivity index (χ4n) is 3.18. The van der Waals surface area contributed by atoms with Crippen LogP contribution in [0.25, 0.3) is 10.2 Å². The van der Waals surface area contributed by atoms with Crippen LogP contribution < -0.4 is 5.32 Å². The zero-order valence-corrected chi connectivity index (χ0v) is 18.3. The van der Waals surface area contributed by atoms with Crippen molar-refractivity contribution in [2.45, 2.75) is 13.1 Å². The molecule has 9 heteroatoms. The number of hydrogen-bond donors (Lipinski definition) is 1. The van der Waals surface area contributed by atoms with Gasteiger partial charge in [-0.15, -0.1) is 11.3 Å². The molecule has 0 saturated carbocycles. The average Bonchev–Trinajstić information content (AvgIpc) is 3.22. The summed E-state index contributed by atoms with van der Waals surface area (Å²) in [6, 6.07) is 5.35. The molecule has 150 valence electrons. The van der Waals surface area contributed by atoms with E-state index in [1.807, 2.05) is 36.0 Å². The van der Waals surface area contributed by atoms with Gasteiger partial charge in [0.25, 0.3) is 0 Å². The van der Waals surface area contributed by atoms with Crippen LogP contribution in [0.4, 0.5) is 11.5 Å². The van der Waals surface area contributed by atoms with Gasteiger partial charge in [0.05, 0.1) is 22.0 Å². The number of nitrogens with one attached hydrogen (secondary N) is 1. The number of likely N-dealkylation sites (N-methyl/N-ethyl adjacent to an activating group) is 1. The Hall–Kier alpha value is -2.19. The predicted octanol–water partition coefficient (Wildman–Crippen LogP) is 4.70. The first kappa shape index (κ1) is 20.1. The zero-order valence-electron chi connectivity index (χ0n) is 15.9. The molecule has 0 unspecified atom stereocenters. The highest BCUT2D eigenvalue weighted by molar-refractivity contribution is 7.19. The van der Waals surface area contributed by atoms with Crippen LogP contribution in [0.5, 0.6) is 0 Å². The maximum Gasteiger partial charge on any atom is 0.246 e. The van der Waals surface area contributed by atoms with Gasteiger partial charge in [0.1, 0.15) is 17.0 Å². The number of carbonyl (C=O) groups is 1. The van der Waals surface area contributed by atoms with Crippen LogP contribution in [0.15, 0.2) is 36.7 Å². The summed E-state index contributed by atoms with van der Waals surface area (Å²) >= 11 is 13.7. The Morgan fingerprint density at radius 2 is 2.10 bits per heavy atom. The molecule has 0 atom stereocenters. The molecule has 1 aromatic carbocycles. The van der Waals surface area contributed by atoms with Gasteiger partial charge in [-0.05, 0) is 32.3 Å². The minimum atomic E-state index is 0.0132. The SMILES string of the molecule is CN(C)CC=CC(=O)N1Cc2sc3ncnc(Nc4ccc(Cl)c(Cl)c4)c3c2C1. The summed E-state index contributed by atoms with van der Waals surface area (Å²) in [5, 5.41) is 5.23. The summed E-state index contributed by atoms with van der Waals surface area (Å²) in [5.74, 6) is 0.711. The number of anilines is 2. The minimum Gasteiger partial charge on any atom is -0.340 e. The molecule has 1 N–H and O–H groups in total. The molecule has 0 radical (unpaired) electrons. The molecular formula is C20H19Cl2N5OS. The molecule has 1 aliphatic heterocycles. The fraction of sp³-hybridized carbons (Fsp3) is 0.250. The van der Waals surface area contributed by atoms with Gasteiger partial charge in [-0.3, -0.25) is 4.79 Å². The van der Waals surface area contributed by atoms with Crippen LogP contribution in [-0.4, -0.2) is 46.3 Å². The molecule has 29 heavy (non-hydrogen) atoms. The van der Waals surface area contributed by atoms with E-state index in [0.29, 0.717) is 29.0 Å². The van der Waals surface area contributed by atoms with E-state index < -0.39 is 0 Å². The molecule has 0 saturated heterocycles. The zero-order chi connectivity index (χ0) is 20.5. The predicted molar refractivity (Wildman–Crippen MR) is 119 cm³/mol. The molecular weight excluding hydrogens is 429 g/mol. The van der Waals surface area contributed by atoms with Crippen molar-refractivity contribution in [1.82, 2.24) is 19.8 Å². The number of nitrogens with zero attached hydrogens (tertiary/aromatic N) is 4. The third-order valence-corrected chi connectivity index (χ3v) is 6.44. The highest BCUT2D eigenvalue weighted by Gasteiger charge is 2.28. The Balaban J connectivity index is 1.60. The lowest BCUT2D eigenvalue weighted by Gasteiger charge is -2.14. The Kier molecular flexibility index (Phi) is 5.74. The standard InChI is InChI=1S/C20H19Cl2N5OS/c1-26(2)7-3-4-17(28)27-9-13-16(10-27)29-20-18(13)19(23-11-24-20)25-12-5-6-14(21)15(22)8-12/h3-6,8,11H,7,9-10H2,1-2H3,(H,23,24,25). The molecule has 0 spiro atoms. The highest BCUT2D eigenvalue weighted by atomic mass is 35.5. The molecule has 6 nitrogen and oxygen atoms in total. The summed E-state index contributed by atoms with van der Waals surface area (Å²) in [7, 11) is 3.94. The number of aromatic nitrogens is 2. The molecule has 0 fully saturated rings. The molecule has 1 aliphatic rings. The van der Waals surface area contributed by atoms with E-state index in [4.69, 9.17) is 23.2 Å². The second kappa shape index (κ2) is 8.28. The molecule has 4 rings (SSSR count). The Labute approximate surface area is 182 Å². The molecule has 0 aliphatic carbocycles. The summed E-state index contributed by atoms with van der Waals surface area (Å²) in [6.45, 7) is 1.87. The smallest absolute Gasteiger partial charge is 0.246 e. The largest absolute Gasteiger partial charge is 0.340 e. The van der Waals surface area contributed by atoms with Crippen molar-refractivity contribution in [3.8, 4) is 0 Å². The van der Waals surface area contributed by atoms with Crippen molar-refractivity contribution in [2.75, 3.05) is 26.0 Å². The first-order chi connectivity index (χ1) is 13.9. The van der Waals surface area contributed by atoms with E-state index in [1.165, 1.54) is 0 Å². The first-order valence-corrected chi connectivity index (χ1v) is 10.6. The second-order valence-corrected chi connectivity index (χ2v) is 8.92. The summed E-state index contributed by atoms with van der Waals surface area (Å²) in [5.41, 5.74) is 1.89. The quantitative estimate of drug-likeness (QED) is 0.574. The fourth-order valence-corrected chi connectivity index (χ4v) is 4.65. The lowest BCUT2D eigenvalue weighted by atomic mass is 10.2. The lowest BCUT2D eigenvalue weighted by molar-refractivity contribution is -0.126. The van der Waals surface area contributed by atoms with E-state index in [1.54, 1.807) is 35.9 Å². The van der Waals surface area contributed by atoms with Crippen molar-refractivity contribution in [1.29, 1.82) is 0 Å². The van der Waals surface area contributed by atoms with Gasteiger partial charge in [0, 0.05) is 35.3 Å². The summed E-state index contributed by atoms with van der Waals surface area (Å²) in [4.78, 5) is 27.3. The van der Waals surface area contributed by atoms with Crippen molar-refractivity contribution in [3.63, 3.8) is 0 Å². The normalized spacial score (nSPS) is 13.6. The highest BCUT2D eigenvalue weighted by Crippen LogP contribution is 2.40. The van der Waals surface area contributed by atoms with Gasteiger partial charge in [0.15, 0.2) is 0 Å². The monoisotopic (exact) mass is 447 g/mol. The number of thiophene rings is 1. The van der Waals surface area contributed by atoms with Crippen LogP contribution in [0.3, 0.4) is 0 Å². The third-order valence-electron chi connectivity index (χ3n) is 4.58. The lowest BCUT2D eigenvalue weighted by Crippen LogP contribution is -2.23. The number of carbonyl (C=O) groups excluding carboxylic acids is 1. The number of fused-ring (bicyclic) bond motifs is 3. The van der Waals surface area contributed by atoms with Gasteiger partial charge in [-0.25, -0.2) is 9.97 Å². The van der Waals surface area contributed by atoms with E-state index >= 15 is 0 Å². The third kappa shape index (κ3) is 4.23.